The first-order valence-electron chi connectivity index (χ1n) is 4.73. The molecule has 3 nitrogen and oxygen atoms in total. The molecule has 1 saturated carbocycles. The molecule has 0 heterocycles. The molecule has 0 saturated heterocycles. The summed E-state index contributed by atoms with van der Waals surface area (Å²) in [6, 6.07) is 5.64. The van der Waals surface area contributed by atoms with E-state index in [1.807, 2.05) is 18.2 Å². The molecule has 1 aromatic rings. The van der Waals surface area contributed by atoms with Crippen molar-refractivity contribution in [2.75, 3.05) is 14.2 Å². The van der Waals surface area contributed by atoms with Crippen LogP contribution in [0.4, 0.5) is 0 Å². The third-order valence-electron chi connectivity index (χ3n) is 2.19. The van der Waals surface area contributed by atoms with Gasteiger partial charge in [-0.25, -0.2) is 0 Å². The van der Waals surface area contributed by atoms with Gasteiger partial charge in [-0.1, -0.05) is 6.07 Å². The Morgan fingerprint density at radius 2 is 1.64 bits per heavy atom. The molecular weight excluding hydrogens is 180 g/mol. The van der Waals surface area contributed by atoms with Gasteiger partial charge in [0.25, 0.3) is 0 Å². The molecule has 0 N–H and O–H groups in total. The molecule has 0 spiro atoms. The summed E-state index contributed by atoms with van der Waals surface area (Å²) in [7, 11) is 3.27. The Morgan fingerprint density at radius 1 is 1.07 bits per heavy atom. The first kappa shape index (κ1) is 9.19. The second-order valence-electron chi connectivity index (χ2n) is 3.31. The number of hydrogen-bond donors (Lipinski definition) is 0. The third kappa shape index (κ3) is 1.76. The molecule has 76 valence electrons. The minimum absolute atomic E-state index is 0.347. The molecule has 2 rings (SSSR count). The molecule has 0 atom stereocenters. The minimum atomic E-state index is 0.347. The van der Waals surface area contributed by atoms with E-state index in [0.717, 1.165) is 30.1 Å². The number of methoxy groups -OCH3 is 2. The van der Waals surface area contributed by atoms with Crippen LogP contribution in [0.5, 0.6) is 17.2 Å². The Kier molecular flexibility index (Phi) is 2.48. The Balaban J connectivity index is 2.29. The Hall–Kier alpha value is -1.38. The molecule has 1 fully saturated rings. The lowest BCUT2D eigenvalue weighted by Crippen LogP contribution is -2.00. The van der Waals surface area contributed by atoms with Crippen molar-refractivity contribution >= 4 is 0 Å². The predicted octanol–water partition coefficient (Wildman–Crippen LogP) is 2.25. The first-order valence-corrected chi connectivity index (χ1v) is 4.73. The number of benzene rings is 1. The smallest absolute Gasteiger partial charge is 0.203 e. The third-order valence-corrected chi connectivity index (χ3v) is 2.19. The first-order chi connectivity index (χ1) is 6.85. The Morgan fingerprint density at radius 3 is 2.07 bits per heavy atom. The fourth-order valence-electron chi connectivity index (χ4n) is 1.29. The van der Waals surface area contributed by atoms with E-state index in [9.17, 15) is 0 Å². The molecule has 0 unspecified atom stereocenters. The topological polar surface area (TPSA) is 27.7 Å². The van der Waals surface area contributed by atoms with Gasteiger partial charge in [0.15, 0.2) is 11.5 Å². The van der Waals surface area contributed by atoms with Crippen LogP contribution in [-0.4, -0.2) is 20.3 Å². The van der Waals surface area contributed by atoms with E-state index in [1.165, 1.54) is 0 Å². The standard InChI is InChI=1S/C11H14O3/c1-12-9-4-3-5-10(13-2)11(9)14-8-6-7-8/h3-5,8H,6-7H2,1-2H3. The molecule has 1 aliphatic rings. The van der Waals surface area contributed by atoms with Gasteiger partial charge >= 0.3 is 0 Å². The maximum Gasteiger partial charge on any atom is 0.203 e. The second kappa shape index (κ2) is 3.78. The van der Waals surface area contributed by atoms with Gasteiger partial charge < -0.3 is 14.2 Å². The molecule has 0 aliphatic heterocycles. The monoisotopic (exact) mass is 194 g/mol. The van der Waals surface area contributed by atoms with Crippen LogP contribution in [0.2, 0.25) is 0 Å². The lowest BCUT2D eigenvalue weighted by atomic mass is 10.3. The van der Waals surface area contributed by atoms with Crippen LogP contribution >= 0.6 is 0 Å². The van der Waals surface area contributed by atoms with Gasteiger partial charge in [-0.3, -0.25) is 0 Å². The molecule has 3 heteroatoms. The molecule has 1 aromatic carbocycles. The largest absolute Gasteiger partial charge is 0.493 e. The van der Waals surface area contributed by atoms with Crippen molar-refractivity contribution in [2.45, 2.75) is 18.9 Å². The van der Waals surface area contributed by atoms with Crippen molar-refractivity contribution in [3.63, 3.8) is 0 Å². The summed E-state index contributed by atoms with van der Waals surface area (Å²) in [5.41, 5.74) is 0. The maximum absolute atomic E-state index is 5.72. The highest BCUT2D eigenvalue weighted by molar-refractivity contribution is 5.51. The average molecular weight is 194 g/mol. The fourth-order valence-corrected chi connectivity index (χ4v) is 1.29. The van der Waals surface area contributed by atoms with Crippen LogP contribution in [0.15, 0.2) is 18.2 Å². The summed E-state index contributed by atoms with van der Waals surface area (Å²) in [5, 5.41) is 0. The van der Waals surface area contributed by atoms with Gasteiger partial charge in [0, 0.05) is 0 Å². The van der Waals surface area contributed by atoms with Crippen LogP contribution in [-0.2, 0) is 0 Å². The Bertz CT molecular complexity index is 296. The summed E-state index contributed by atoms with van der Waals surface area (Å²) >= 11 is 0. The lowest BCUT2D eigenvalue weighted by molar-refractivity contribution is 0.264. The number of rotatable bonds is 4. The van der Waals surface area contributed by atoms with Gasteiger partial charge in [0.05, 0.1) is 20.3 Å². The number of hydrogen-bond acceptors (Lipinski definition) is 3. The minimum Gasteiger partial charge on any atom is -0.493 e. The molecule has 1 aliphatic carbocycles. The highest BCUT2D eigenvalue weighted by Gasteiger charge is 2.26. The highest BCUT2D eigenvalue weighted by Crippen LogP contribution is 2.40. The van der Waals surface area contributed by atoms with Crippen LogP contribution < -0.4 is 14.2 Å². The summed E-state index contributed by atoms with van der Waals surface area (Å²) in [6.07, 6.45) is 2.60. The fraction of sp³-hybridized carbons (Fsp3) is 0.455. The van der Waals surface area contributed by atoms with Crippen molar-refractivity contribution in [1.29, 1.82) is 0 Å². The lowest BCUT2D eigenvalue weighted by Gasteiger charge is -2.13. The zero-order valence-electron chi connectivity index (χ0n) is 8.45. The van der Waals surface area contributed by atoms with Crippen molar-refractivity contribution in [1.82, 2.24) is 0 Å². The molecular formula is C11H14O3. The van der Waals surface area contributed by atoms with Crippen LogP contribution in [0.25, 0.3) is 0 Å². The number of para-hydroxylation sites is 1. The van der Waals surface area contributed by atoms with Gasteiger partial charge in [-0.15, -0.1) is 0 Å². The van der Waals surface area contributed by atoms with Crippen molar-refractivity contribution in [3.8, 4) is 17.2 Å². The van der Waals surface area contributed by atoms with Gasteiger partial charge in [0.1, 0.15) is 0 Å². The van der Waals surface area contributed by atoms with Crippen LogP contribution in [0.3, 0.4) is 0 Å². The maximum atomic E-state index is 5.72. The van der Waals surface area contributed by atoms with E-state index < -0.39 is 0 Å². The van der Waals surface area contributed by atoms with E-state index in [1.54, 1.807) is 14.2 Å². The molecule has 0 bridgehead atoms. The van der Waals surface area contributed by atoms with E-state index in [-0.39, 0.29) is 0 Å². The zero-order valence-corrected chi connectivity index (χ0v) is 8.45. The average Bonchev–Trinajstić information content (AvgIpc) is 3.02. The second-order valence-corrected chi connectivity index (χ2v) is 3.31. The molecule has 14 heavy (non-hydrogen) atoms. The summed E-state index contributed by atoms with van der Waals surface area (Å²) < 4.78 is 16.1. The molecule has 0 amide bonds. The van der Waals surface area contributed by atoms with Crippen molar-refractivity contribution < 1.29 is 14.2 Å². The summed E-state index contributed by atoms with van der Waals surface area (Å²) in [5.74, 6) is 2.19. The number of ether oxygens (including phenoxy) is 3. The highest BCUT2D eigenvalue weighted by atomic mass is 16.5. The summed E-state index contributed by atoms with van der Waals surface area (Å²) in [4.78, 5) is 0. The van der Waals surface area contributed by atoms with Gasteiger partial charge in [-0.05, 0) is 25.0 Å². The summed E-state index contributed by atoms with van der Waals surface area (Å²) in [6.45, 7) is 0. The normalized spacial score (nSPS) is 15.0. The van der Waals surface area contributed by atoms with Crippen LogP contribution in [0, 0.1) is 0 Å². The predicted molar refractivity (Wildman–Crippen MR) is 53.2 cm³/mol. The van der Waals surface area contributed by atoms with Gasteiger partial charge in [-0.2, -0.15) is 0 Å². The quantitative estimate of drug-likeness (QED) is 0.735. The molecule has 0 radical (unpaired) electrons. The van der Waals surface area contributed by atoms with Crippen molar-refractivity contribution in [2.24, 2.45) is 0 Å². The van der Waals surface area contributed by atoms with E-state index in [4.69, 9.17) is 14.2 Å². The zero-order chi connectivity index (χ0) is 9.97. The van der Waals surface area contributed by atoms with E-state index >= 15 is 0 Å². The van der Waals surface area contributed by atoms with Crippen LogP contribution in [0.1, 0.15) is 12.8 Å². The van der Waals surface area contributed by atoms with E-state index in [0.29, 0.717) is 6.10 Å². The SMILES string of the molecule is COc1cccc(OC)c1OC1CC1. The van der Waals surface area contributed by atoms with E-state index in [2.05, 4.69) is 0 Å². The Labute approximate surface area is 83.6 Å². The molecule has 0 aromatic heterocycles. The van der Waals surface area contributed by atoms with Crippen molar-refractivity contribution in [3.05, 3.63) is 18.2 Å². The van der Waals surface area contributed by atoms with Gasteiger partial charge in [0.2, 0.25) is 5.75 Å².